The Kier molecular flexibility index (Phi) is 10.8. The van der Waals surface area contributed by atoms with Crippen molar-refractivity contribution < 1.29 is 27.1 Å². The number of carbonyl (C=O) groups is 2. The predicted octanol–water partition coefficient (Wildman–Crippen LogP) is 5.92. The van der Waals surface area contributed by atoms with Crippen LogP contribution in [0.15, 0.2) is 95.2 Å². The van der Waals surface area contributed by atoms with E-state index in [1.807, 2.05) is 18.2 Å². The number of likely N-dealkylation sites (tertiary alicyclic amines) is 1. The lowest BCUT2D eigenvalue weighted by molar-refractivity contribution is -0.111. The summed E-state index contributed by atoms with van der Waals surface area (Å²) < 4.78 is 46.8. The standard InChI is InChI=1S/C39H44FN5O5S/c1-3-37(46)43-31-10-14-33(15-11-31)51(48,49)34-16-12-32(13-17-34)45-24-27(25-45)23-44-20-18-28(19-21-44)39(26-41,29-6-4-7-30(40)22-29)35-8-5-9-36(35)50-38(47)42-2/h3-4,6-7,10-17,22,27-28,35-36H,1,5,8-9,18-21,23-25H2,2H3,(H,42,47)(H,43,46)/t35-,36-,39-/m0/s1. The maximum Gasteiger partial charge on any atom is 0.407 e. The number of alkyl carbamates (subject to hydrolysis) is 1. The van der Waals surface area contributed by atoms with Crippen molar-refractivity contribution in [1.29, 1.82) is 5.26 Å². The van der Waals surface area contributed by atoms with Crippen molar-refractivity contribution in [3.8, 4) is 6.07 Å². The third-order valence-electron chi connectivity index (χ3n) is 10.8. The third kappa shape index (κ3) is 7.51. The molecular formula is C39H44FN5O5S. The van der Waals surface area contributed by atoms with Gasteiger partial charge in [-0.05, 0) is 123 Å². The molecule has 3 fully saturated rings. The first kappa shape index (κ1) is 36.1. The number of halogens is 1. The van der Waals surface area contributed by atoms with Gasteiger partial charge in [0.1, 0.15) is 11.9 Å². The minimum Gasteiger partial charge on any atom is -0.446 e. The van der Waals surface area contributed by atoms with E-state index in [0.29, 0.717) is 23.6 Å². The molecule has 3 aromatic carbocycles. The number of benzene rings is 3. The Morgan fingerprint density at radius 1 is 1.02 bits per heavy atom. The molecule has 1 aliphatic carbocycles. The van der Waals surface area contributed by atoms with E-state index in [2.05, 4.69) is 33.1 Å². The quantitative estimate of drug-likeness (QED) is 0.234. The number of nitrogens with one attached hydrogen (secondary N) is 2. The molecule has 0 bridgehead atoms. The summed E-state index contributed by atoms with van der Waals surface area (Å²) in [6.07, 6.45) is 4.05. The number of piperidine rings is 1. The lowest BCUT2D eigenvalue weighted by Crippen LogP contribution is -2.54. The zero-order chi connectivity index (χ0) is 36.2. The fraction of sp³-hybridized carbons (Fsp3) is 0.410. The molecule has 2 heterocycles. The second-order valence-electron chi connectivity index (χ2n) is 13.8. The molecule has 3 aliphatic rings. The predicted molar refractivity (Wildman–Crippen MR) is 192 cm³/mol. The molecule has 2 amide bonds. The average Bonchev–Trinajstić information content (AvgIpc) is 3.59. The molecule has 2 saturated heterocycles. The topological polar surface area (TPSA) is 132 Å². The normalized spacial score (nSPS) is 21.2. The summed E-state index contributed by atoms with van der Waals surface area (Å²) in [6.45, 7) is 7.69. The number of carbonyl (C=O) groups excluding carboxylic acids is 2. The van der Waals surface area contributed by atoms with Crippen LogP contribution in [0.4, 0.5) is 20.6 Å². The van der Waals surface area contributed by atoms with E-state index in [1.54, 1.807) is 30.3 Å². The van der Waals surface area contributed by atoms with Crippen molar-refractivity contribution >= 4 is 33.2 Å². The van der Waals surface area contributed by atoms with Crippen molar-refractivity contribution in [3.63, 3.8) is 0 Å². The van der Waals surface area contributed by atoms with Crippen LogP contribution >= 0.6 is 0 Å². The highest BCUT2D eigenvalue weighted by atomic mass is 32.2. The Morgan fingerprint density at radius 3 is 2.29 bits per heavy atom. The lowest BCUT2D eigenvalue weighted by atomic mass is 9.59. The smallest absolute Gasteiger partial charge is 0.407 e. The van der Waals surface area contributed by atoms with E-state index in [9.17, 15) is 27.7 Å². The van der Waals surface area contributed by atoms with Gasteiger partial charge in [0.25, 0.3) is 0 Å². The van der Waals surface area contributed by atoms with Crippen LogP contribution in [0.25, 0.3) is 0 Å². The van der Waals surface area contributed by atoms with Crippen LogP contribution in [-0.4, -0.2) is 71.2 Å². The van der Waals surface area contributed by atoms with Crippen molar-refractivity contribution in [2.45, 2.75) is 53.4 Å². The molecular weight excluding hydrogens is 670 g/mol. The molecule has 51 heavy (non-hydrogen) atoms. The van der Waals surface area contributed by atoms with Gasteiger partial charge in [-0.2, -0.15) is 5.26 Å². The van der Waals surface area contributed by atoms with E-state index in [0.717, 1.165) is 70.2 Å². The molecule has 0 aromatic heterocycles. The molecule has 0 radical (unpaired) electrons. The van der Waals surface area contributed by atoms with E-state index in [4.69, 9.17) is 4.74 Å². The Bertz CT molecular complexity index is 1880. The number of rotatable bonds is 11. The largest absolute Gasteiger partial charge is 0.446 e. The highest BCUT2D eigenvalue weighted by Crippen LogP contribution is 2.51. The molecule has 0 unspecified atom stereocenters. The molecule has 12 heteroatoms. The molecule has 2 N–H and O–H groups in total. The third-order valence-corrected chi connectivity index (χ3v) is 12.6. The second kappa shape index (κ2) is 15.3. The zero-order valence-corrected chi connectivity index (χ0v) is 29.6. The maximum absolute atomic E-state index is 14.6. The van der Waals surface area contributed by atoms with Crippen molar-refractivity contribution in [2.75, 3.05) is 50.0 Å². The lowest BCUT2D eigenvalue weighted by Gasteiger charge is -2.47. The van der Waals surface area contributed by atoms with Crippen LogP contribution in [0.2, 0.25) is 0 Å². The number of ether oxygens (including phenoxy) is 1. The highest BCUT2D eigenvalue weighted by Gasteiger charge is 2.53. The van der Waals surface area contributed by atoms with Gasteiger partial charge in [0.2, 0.25) is 15.7 Å². The van der Waals surface area contributed by atoms with Crippen molar-refractivity contribution in [3.05, 3.63) is 96.8 Å². The van der Waals surface area contributed by atoms with Crippen LogP contribution in [0, 0.1) is 34.9 Å². The van der Waals surface area contributed by atoms with Crippen LogP contribution in [0.3, 0.4) is 0 Å². The molecule has 2 aliphatic heterocycles. The van der Waals surface area contributed by atoms with Crippen molar-refractivity contribution in [2.24, 2.45) is 17.8 Å². The first-order valence-corrected chi connectivity index (χ1v) is 19.0. The first-order valence-electron chi connectivity index (χ1n) is 17.5. The van der Waals surface area contributed by atoms with E-state index in [1.165, 1.54) is 31.3 Å². The molecule has 0 spiro atoms. The fourth-order valence-electron chi connectivity index (χ4n) is 8.24. The monoisotopic (exact) mass is 713 g/mol. The van der Waals surface area contributed by atoms with E-state index in [-0.39, 0.29) is 33.4 Å². The van der Waals surface area contributed by atoms with E-state index < -0.39 is 27.4 Å². The number of hydrogen-bond donors (Lipinski definition) is 2. The minimum atomic E-state index is -3.72. The SMILES string of the molecule is C=CC(=O)Nc1ccc(S(=O)(=O)c2ccc(N3CC(CN4CCC([C@@](C#N)(c5cccc(F)c5)[C@H]5CCC[C@@H]5OC(=O)NC)CC4)C3)cc2)cc1. The molecule has 268 valence electrons. The van der Waals surface area contributed by atoms with Gasteiger partial charge in [-0.1, -0.05) is 18.7 Å². The van der Waals surface area contributed by atoms with Gasteiger partial charge in [0.05, 0.1) is 21.3 Å². The zero-order valence-electron chi connectivity index (χ0n) is 28.8. The Labute approximate surface area is 299 Å². The summed E-state index contributed by atoms with van der Waals surface area (Å²) in [4.78, 5) is 28.8. The molecule has 6 rings (SSSR count). The van der Waals surface area contributed by atoms with Crippen LogP contribution in [-0.2, 0) is 24.8 Å². The Hall–Kier alpha value is -4.73. The van der Waals surface area contributed by atoms with Crippen molar-refractivity contribution in [1.82, 2.24) is 10.2 Å². The molecule has 1 saturated carbocycles. The van der Waals surface area contributed by atoms with Gasteiger partial charge in [0.15, 0.2) is 0 Å². The summed E-state index contributed by atoms with van der Waals surface area (Å²) in [5.74, 6) is -0.531. The Morgan fingerprint density at radius 2 is 1.69 bits per heavy atom. The number of nitrogens with zero attached hydrogens (tertiary/aromatic N) is 3. The van der Waals surface area contributed by atoms with Gasteiger partial charge >= 0.3 is 6.09 Å². The summed E-state index contributed by atoms with van der Waals surface area (Å²) in [7, 11) is -2.20. The summed E-state index contributed by atoms with van der Waals surface area (Å²) in [5.41, 5.74) is 1.15. The van der Waals surface area contributed by atoms with Gasteiger partial charge in [-0.25, -0.2) is 17.6 Å². The summed E-state index contributed by atoms with van der Waals surface area (Å²) in [6, 6.07) is 22.0. The van der Waals surface area contributed by atoms with Gasteiger partial charge in [0, 0.05) is 49.9 Å². The molecule has 10 nitrogen and oxygen atoms in total. The number of hydrogen-bond acceptors (Lipinski definition) is 8. The number of sulfone groups is 1. The fourth-order valence-corrected chi connectivity index (χ4v) is 9.50. The molecule has 3 atom stereocenters. The highest BCUT2D eigenvalue weighted by molar-refractivity contribution is 7.91. The number of anilines is 2. The van der Waals surface area contributed by atoms with Crippen LogP contribution in [0.5, 0.6) is 0 Å². The first-order chi connectivity index (χ1) is 24.6. The summed E-state index contributed by atoms with van der Waals surface area (Å²) in [5, 5.41) is 16.0. The number of nitriles is 1. The van der Waals surface area contributed by atoms with E-state index >= 15 is 0 Å². The number of amides is 2. The minimum absolute atomic E-state index is 0.0109. The molecule has 3 aromatic rings. The second-order valence-corrected chi connectivity index (χ2v) is 15.7. The maximum atomic E-state index is 14.6. The van der Waals surface area contributed by atoms with Gasteiger partial charge in [-0.15, -0.1) is 0 Å². The van der Waals surface area contributed by atoms with Crippen LogP contribution < -0.4 is 15.5 Å². The summed E-state index contributed by atoms with van der Waals surface area (Å²) >= 11 is 0. The average molecular weight is 714 g/mol. The van der Waals surface area contributed by atoms with Gasteiger partial charge in [-0.3, -0.25) is 4.79 Å². The van der Waals surface area contributed by atoms with Gasteiger partial charge < -0.3 is 25.2 Å². The van der Waals surface area contributed by atoms with Crippen LogP contribution in [0.1, 0.15) is 37.7 Å². The Balaban J connectivity index is 1.05.